The van der Waals surface area contributed by atoms with E-state index in [-0.39, 0.29) is 6.54 Å². The number of carbonyl (C=O) groups is 2. The van der Waals surface area contributed by atoms with Crippen molar-refractivity contribution in [3.63, 3.8) is 0 Å². The molecule has 0 atom stereocenters. The van der Waals surface area contributed by atoms with Crippen LogP contribution in [-0.2, 0) is 4.79 Å². The molecular formula is C15H13N3O3. The van der Waals surface area contributed by atoms with Gasteiger partial charge in [-0.3, -0.25) is 9.78 Å². The molecule has 0 unspecified atom stereocenters. The number of hydrogen-bond donors (Lipinski definition) is 2. The second-order valence-electron chi connectivity index (χ2n) is 4.30. The lowest BCUT2D eigenvalue weighted by Gasteiger charge is -2.18. The van der Waals surface area contributed by atoms with E-state index < -0.39 is 18.5 Å². The Morgan fingerprint density at radius 3 is 2.86 bits per heavy atom. The molecule has 0 radical (unpaired) electrons. The zero-order valence-electron chi connectivity index (χ0n) is 11.1. The summed E-state index contributed by atoms with van der Waals surface area (Å²) in [7, 11) is 0. The molecular weight excluding hydrogens is 270 g/mol. The number of aliphatic carboxylic acids is 1. The van der Waals surface area contributed by atoms with Gasteiger partial charge in [0.25, 0.3) is 0 Å². The summed E-state index contributed by atoms with van der Waals surface area (Å²) in [6.07, 6.45) is 6.64. The Labute approximate surface area is 121 Å². The standard InChI is InChI=1S/C15H13N3O3/c1-2-7-18(10-14(19)20)15(21)17-12-8-11-5-3-4-6-13(11)16-9-12/h1,3-6,8-9H,7,10H2,(H,17,21)(H,19,20). The van der Waals surface area contributed by atoms with Gasteiger partial charge in [-0.05, 0) is 12.1 Å². The highest BCUT2D eigenvalue weighted by Gasteiger charge is 2.16. The Morgan fingerprint density at radius 1 is 1.38 bits per heavy atom. The number of carboxylic acid groups (broad SMARTS) is 1. The molecule has 0 saturated heterocycles. The van der Waals surface area contributed by atoms with Gasteiger partial charge < -0.3 is 15.3 Å². The molecule has 2 amide bonds. The summed E-state index contributed by atoms with van der Waals surface area (Å²) in [5, 5.41) is 12.2. The third-order valence-electron chi connectivity index (χ3n) is 2.74. The van der Waals surface area contributed by atoms with Crippen LogP contribution in [0.1, 0.15) is 0 Å². The molecule has 1 aromatic carbocycles. The van der Waals surface area contributed by atoms with Crippen molar-refractivity contribution in [3.8, 4) is 12.3 Å². The number of amides is 2. The van der Waals surface area contributed by atoms with Gasteiger partial charge in [-0.15, -0.1) is 6.42 Å². The number of pyridine rings is 1. The van der Waals surface area contributed by atoms with Crippen molar-refractivity contribution in [2.24, 2.45) is 0 Å². The van der Waals surface area contributed by atoms with Crippen molar-refractivity contribution in [2.75, 3.05) is 18.4 Å². The van der Waals surface area contributed by atoms with E-state index in [4.69, 9.17) is 11.5 Å². The number of urea groups is 1. The summed E-state index contributed by atoms with van der Waals surface area (Å²) < 4.78 is 0. The predicted octanol–water partition coefficient (Wildman–Crippen LogP) is 1.79. The highest BCUT2D eigenvalue weighted by atomic mass is 16.4. The molecule has 0 aliphatic heterocycles. The van der Waals surface area contributed by atoms with Crippen molar-refractivity contribution in [3.05, 3.63) is 36.5 Å². The molecule has 6 heteroatoms. The van der Waals surface area contributed by atoms with Crippen LogP contribution in [0.4, 0.5) is 10.5 Å². The zero-order valence-corrected chi connectivity index (χ0v) is 11.1. The molecule has 106 valence electrons. The summed E-state index contributed by atoms with van der Waals surface area (Å²) in [5.74, 6) is 1.13. The van der Waals surface area contributed by atoms with Gasteiger partial charge in [0.2, 0.25) is 0 Å². The van der Waals surface area contributed by atoms with Gasteiger partial charge in [0.1, 0.15) is 6.54 Å². The Hall–Kier alpha value is -3.07. The van der Waals surface area contributed by atoms with Gasteiger partial charge in [-0.25, -0.2) is 4.79 Å². The molecule has 0 fully saturated rings. The van der Waals surface area contributed by atoms with Gasteiger partial charge >= 0.3 is 12.0 Å². The molecule has 0 aliphatic rings. The molecule has 21 heavy (non-hydrogen) atoms. The first-order valence-corrected chi connectivity index (χ1v) is 6.16. The summed E-state index contributed by atoms with van der Waals surface area (Å²) in [5.41, 5.74) is 1.28. The van der Waals surface area contributed by atoms with Crippen LogP contribution < -0.4 is 5.32 Å². The van der Waals surface area contributed by atoms with E-state index in [0.717, 1.165) is 15.8 Å². The van der Waals surface area contributed by atoms with E-state index in [0.29, 0.717) is 5.69 Å². The molecule has 1 heterocycles. The number of rotatable bonds is 4. The normalized spacial score (nSPS) is 9.86. The quantitative estimate of drug-likeness (QED) is 0.838. The number of nitrogens with one attached hydrogen (secondary N) is 1. The fourth-order valence-electron chi connectivity index (χ4n) is 1.81. The van der Waals surface area contributed by atoms with E-state index >= 15 is 0 Å². The van der Waals surface area contributed by atoms with Crippen molar-refractivity contribution in [1.29, 1.82) is 0 Å². The first kappa shape index (κ1) is 14.3. The van der Waals surface area contributed by atoms with Gasteiger partial charge in [-0.2, -0.15) is 0 Å². The summed E-state index contributed by atoms with van der Waals surface area (Å²) >= 11 is 0. The number of terminal acetylenes is 1. The maximum absolute atomic E-state index is 12.0. The van der Waals surface area contributed by atoms with Crippen LogP contribution in [0.5, 0.6) is 0 Å². The number of anilines is 1. The van der Waals surface area contributed by atoms with Gasteiger partial charge in [0, 0.05) is 5.39 Å². The number of fused-ring (bicyclic) bond motifs is 1. The van der Waals surface area contributed by atoms with E-state index in [1.807, 2.05) is 24.3 Å². The highest BCUT2D eigenvalue weighted by molar-refractivity contribution is 5.93. The number of para-hydroxylation sites is 1. The van der Waals surface area contributed by atoms with Crippen LogP contribution in [-0.4, -0.2) is 40.1 Å². The third kappa shape index (κ3) is 3.70. The Kier molecular flexibility index (Phi) is 4.36. The van der Waals surface area contributed by atoms with Crippen LogP contribution in [0.15, 0.2) is 36.5 Å². The minimum atomic E-state index is -1.13. The van der Waals surface area contributed by atoms with Gasteiger partial charge in [0.15, 0.2) is 0 Å². The second-order valence-corrected chi connectivity index (χ2v) is 4.30. The van der Waals surface area contributed by atoms with E-state index in [1.165, 1.54) is 6.20 Å². The van der Waals surface area contributed by atoms with E-state index in [2.05, 4.69) is 16.2 Å². The second kappa shape index (κ2) is 6.39. The molecule has 6 nitrogen and oxygen atoms in total. The third-order valence-corrected chi connectivity index (χ3v) is 2.74. The van der Waals surface area contributed by atoms with E-state index in [1.54, 1.807) is 6.07 Å². The molecule has 1 aromatic heterocycles. The van der Waals surface area contributed by atoms with Crippen molar-refractivity contribution < 1.29 is 14.7 Å². The molecule has 2 N–H and O–H groups in total. The average Bonchev–Trinajstić information content (AvgIpc) is 2.46. The monoisotopic (exact) mass is 283 g/mol. The molecule has 0 saturated carbocycles. The Bertz CT molecular complexity index is 721. The summed E-state index contributed by atoms with van der Waals surface area (Å²) in [6, 6.07) is 8.65. The molecule has 2 rings (SSSR count). The number of nitrogens with zero attached hydrogens (tertiary/aromatic N) is 2. The van der Waals surface area contributed by atoms with Crippen molar-refractivity contribution in [1.82, 2.24) is 9.88 Å². The first-order chi connectivity index (χ1) is 10.1. The maximum atomic E-state index is 12.0. The minimum Gasteiger partial charge on any atom is -0.480 e. The van der Waals surface area contributed by atoms with Crippen molar-refractivity contribution in [2.45, 2.75) is 0 Å². The molecule has 2 aromatic rings. The molecule has 0 bridgehead atoms. The average molecular weight is 283 g/mol. The van der Waals surface area contributed by atoms with Crippen molar-refractivity contribution >= 4 is 28.6 Å². The maximum Gasteiger partial charge on any atom is 0.323 e. The lowest BCUT2D eigenvalue weighted by molar-refractivity contribution is -0.137. The number of aromatic nitrogens is 1. The lowest BCUT2D eigenvalue weighted by Crippen LogP contribution is -2.39. The number of carbonyl (C=O) groups excluding carboxylic acids is 1. The SMILES string of the molecule is C#CCN(CC(=O)O)C(=O)Nc1cnc2ccccc2c1. The van der Waals surface area contributed by atoms with Gasteiger partial charge in [-0.1, -0.05) is 24.1 Å². The first-order valence-electron chi connectivity index (χ1n) is 6.16. The lowest BCUT2D eigenvalue weighted by atomic mass is 10.2. The van der Waals surface area contributed by atoms with Gasteiger partial charge in [0.05, 0.1) is 23.9 Å². The minimum absolute atomic E-state index is 0.0842. The van der Waals surface area contributed by atoms with Crippen LogP contribution in [0.25, 0.3) is 10.9 Å². The Morgan fingerprint density at radius 2 is 2.14 bits per heavy atom. The molecule has 0 spiro atoms. The zero-order chi connectivity index (χ0) is 15.2. The summed E-state index contributed by atoms with van der Waals surface area (Å²) in [4.78, 5) is 28.0. The fraction of sp³-hybridized carbons (Fsp3) is 0.133. The predicted molar refractivity (Wildman–Crippen MR) is 78.8 cm³/mol. The number of hydrogen-bond acceptors (Lipinski definition) is 3. The van der Waals surface area contributed by atoms with Crippen LogP contribution in [0, 0.1) is 12.3 Å². The van der Waals surface area contributed by atoms with Crippen LogP contribution in [0.2, 0.25) is 0 Å². The number of benzene rings is 1. The fourth-order valence-corrected chi connectivity index (χ4v) is 1.81. The van der Waals surface area contributed by atoms with Crippen LogP contribution in [0.3, 0.4) is 0 Å². The molecule has 0 aliphatic carbocycles. The van der Waals surface area contributed by atoms with E-state index in [9.17, 15) is 9.59 Å². The Balaban J connectivity index is 2.15. The topological polar surface area (TPSA) is 82.5 Å². The smallest absolute Gasteiger partial charge is 0.323 e. The van der Waals surface area contributed by atoms with Crippen LogP contribution >= 0.6 is 0 Å². The number of carboxylic acids is 1. The summed E-state index contributed by atoms with van der Waals surface area (Å²) in [6.45, 7) is -0.545. The highest BCUT2D eigenvalue weighted by Crippen LogP contribution is 2.16. The largest absolute Gasteiger partial charge is 0.480 e.